The summed E-state index contributed by atoms with van der Waals surface area (Å²) in [7, 11) is 3.73. The van der Waals surface area contributed by atoms with E-state index in [9.17, 15) is 9.90 Å². The number of nitrogens with one attached hydrogen (secondary N) is 1. The Morgan fingerprint density at radius 2 is 1.94 bits per heavy atom. The van der Waals surface area contributed by atoms with Crippen molar-refractivity contribution >= 4 is 33.0 Å². The Labute approximate surface area is 200 Å². The van der Waals surface area contributed by atoms with Crippen molar-refractivity contribution in [3.63, 3.8) is 0 Å². The predicted molar refractivity (Wildman–Crippen MR) is 133 cm³/mol. The van der Waals surface area contributed by atoms with E-state index in [0.717, 1.165) is 64.1 Å². The summed E-state index contributed by atoms with van der Waals surface area (Å²) in [6.45, 7) is 1.27. The second-order valence-corrected chi connectivity index (χ2v) is 10.00. The summed E-state index contributed by atoms with van der Waals surface area (Å²) in [5.41, 5.74) is 5.89. The molecule has 7 rings (SSSR count). The Morgan fingerprint density at radius 1 is 1.14 bits per heavy atom. The van der Waals surface area contributed by atoms with E-state index in [1.54, 1.807) is 11.6 Å². The fourth-order valence-corrected chi connectivity index (χ4v) is 5.75. The first-order valence-electron chi connectivity index (χ1n) is 12.3. The maximum absolute atomic E-state index is 13.7. The minimum atomic E-state index is -0.684. The van der Waals surface area contributed by atoms with Gasteiger partial charge in [0, 0.05) is 50.5 Å². The van der Waals surface area contributed by atoms with Crippen LogP contribution in [-0.4, -0.2) is 47.2 Å². The number of aliphatic hydroxyl groups excluding tert-OH is 1. The molecule has 1 aliphatic heterocycles. The molecular weight excluding hydrogens is 444 g/mol. The molecule has 1 saturated heterocycles. The lowest BCUT2D eigenvalue weighted by molar-refractivity contribution is 0.0697. The van der Waals surface area contributed by atoms with Gasteiger partial charge in [0.25, 0.3) is 0 Å². The van der Waals surface area contributed by atoms with Crippen molar-refractivity contribution < 1.29 is 9.84 Å². The summed E-state index contributed by atoms with van der Waals surface area (Å²) in [6.07, 6.45) is 6.68. The monoisotopic (exact) mass is 472 g/mol. The Kier molecular flexibility index (Phi) is 4.50. The van der Waals surface area contributed by atoms with Gasteiger partial charge in [0.05, 0.1) is 33.8 Å². The molecule has 2 aliphatic rings. The van der Waals surface area contributed by atoms with Crippen LogP contribution in [0.5, 0.6) is 0 Å². The average Bonchev–Trinajstić information content (AvgIpc) is 3.47. The SMILES string of the molecule is Cn1ncc2cc(-c3c[nH]c4nc(C(O)C5CC5)c5c(c34)n(C3CCOCC3)c(=O)n5C)ccc21. The number of aromatic amines is 1. The molecule has 2 N–H and O–H groups in total. The highest BCUT2D eigenvalue weighted by molar-refractivity contribution is 6.11. The standard InChI is InChI=1S/C26H28N6O3/c1-30-23-21(24(33)14-3-4-14)29-25-20(22(23)32(26(30)34)17-7-9-35-10-8-17)18(13-27-25)15-5-6-19-16(11-15)12-28-31(19)2/h5-6,11-14,17,24,33H,3-4,7-10H2,1-2H3,(H,27,29). The molecule has 5 aromatic rings. The predicted octanol–water partition coefficient (Wildman–Crippen LogP) is 3.56. The van der Waals surface area contributed by atoms with Crippen molar-refractivity contribution in [3.8, 4) is 11.1 Å². The number of aliphatic hydroxyl groups is 1. The van der Waals surface area contributed by atoms with Gasteiger partial charge in [0.15, 0.2) is 0 Å². The second kappa shape index (κ2) is 7.53. The lowest BCUT2D eigenvalue weighted by atomic mass is 10.0. The van der Waals surface area contributed by atoms with Crippen molar-refractivity contribution in [2.45, 2.75) is 37.8 Å². The number of nitrogens with zero attached hydrogens (tertiary/aromatic N) is 5. The molecule has 0 bridgehead atoms. The summed E-state index contributed by atoms with van der Waals surface area (Å²) >= 11 is 0. The zero-order valence-corrected chi connectivity index (χ0v) is 19.9. The van der Waals surface area contributed by atoms with Crippen LogP contribution in [-0.2, 0) is 18.8 Å². The Bertz CT molecular complexity index is 1660. The first-order chi connectivity index (χ1) is 17.0. The Hall–Kier alpha value is -3.43. The lowest BCUT2D eigenvalue weighted by Gasteiger charge is -2.23. The number of pyridine rings is 1. The Morgan fingerprint density at radius 3 is 2.71 bits per heavy atom. The van der Waals surface area contributed by atoms with Gasteiger partial charge in [-0.3, -0.25) is 13.8 Å². The topological polar surface area (TPSA) is 103 Å². The number of benzene rings is 1. The highest BCUT2D eigenvalue weighted by Crippen LogP contribution is 2.44. The van der Waals surface area contributed by atoms with Crippen LogP contribution >= 0.6 is 0 Å². The van der Waals surface area contributed by atoms with Crippen LogP contribution in [0.3, 0.4) is 0 Å². The molecule has 1 aromatic carbocycles. The minimum Gasteiger partial charge on any atom is -0.386 e. The largest absolute Gasteiger partial charge is 0.386 e. The number of hydrogen-bond acceptors (Lipinski definition) is 5. The number of H-pyrrole nitrogens is 1. The summed E-state index contributed by atoms with van der Waals surface area (Å²) in [5, 5.41) is 17.5. The van der Waals surface area contributed by atoms with Gasteiger partial charge < -0.3 is 14.8 Å². The summed E-state index contributed by atoms with van der Waals surface area (Å²) in [4.78, 5) is 22.0. The van der Waals surface area contributed by atoms with E-state index in [0.29, 0.717) is 24.6 Å². The number of imidazole rings is 1. The fraction of sp³-hybridized carbons (Fsp3) is 0.423. The lowest BCUT2D eigenvalue weighted by Crippen LogP contribution is -2.29. The second-order valence-electron chi connectivity index (χ2n) is 10.00. The number of ether oxygens (including phenoxy) is 1. The van der Waals surface area contributed by atoms with E-state index in [1.165, 1.54) is 0 Å². The van der Waals surface area contributed by atoms with Crippen LogP contribution in [0.2, 0.25) is 0 Å². The minimum absolute atomic E-state index is 0.0417. The molecular formula is C26H28N6O3. The van der Waals surface area contributed by atoms with Crippen LogP contribution in [0.1, 0.15) is 43.5 Å². The molecule has 1 atom stereocenters. The van der Waals surface area contributed by atoms with Crippen molar-refractivity contribution in [2.75, 3.05) is 13.2 Å². The van der Waals surface area contributed by atoms with Crippen molar-refractivity contribution in [1.82, 2.24) is 28.9 Å². The van der Waals surface area contributed by atoms with Gasteiger partial charge in [-0.25, -0.2) is 9.78 Å². The molecule has 0 amide bonds. The van der Waals surface area contributed by atoms with Crippen LogP contribution in [0.15, 0.2) is 35.4 Å². The van der Waals surface area contributed by atoms with Gasteiger partial charge in [-0.1, -0.05) is 6.07 Å². The molecule has 0 radical (unpaired) electrons. The van der Waals surface area contributed by atoms with E-state index in [4.69, 9.17) is 9.72 Å². The van der Waals surface area contributed by atoms with Gasteiger partial charge in [0.1, 0.15) is 11.8 Å². The summed E-state index contributed by atoms with van der Waals surface area (Å²) in [5.74, 6) is 0.201. The van der Waals surface area contributed by atoms with Gasteiger partial charge in [-0.2, -0.15) is 5.10 Å². The van der Waals surface area contributed by atoms with Crippen LogP contribution in [0.4, 0.5) is 0 Å². The van der Waals surface area contributed by atoms with Crippen molar-refractivity contribution in [1.29, 1.82) is 0 Å². The zero-order valence-electron chi connectivity index (χ0n) is 19.9. The van der Waals surface area contributed by atoms with E-state index in [-0.39, 0.29) is 17.6 Å². The molecule has 0 spiro atoms. The van der Waals surface area contributed by atoms with Crippen LogP contribution in [0, 0.1) is 5.92 Å². The normalized spacial score (nSPS) is 18.3. The third-order valence-electron chi connectivity index (χ3n) is 7.83. The third kappa shape index (κ3) is 3.04. The van der Waals surface area contributed by atoms with Crippen molar-refractivity contribution in [2.24, 2.45) is 20.0 Å². The van der Waals surface area contributed by atoms with E-state index in [2.05, 4.69) is 28.3 Å². The zero-order chi connectivity index (χ0) is 23.8. The molecule has 9 nitrogen and oxygen atoms in total. The summed E-state index contributed by atoms with van der Waals surface area (Å²) < 4.78 is 11.1. The number of aromatic nitrogens is 6. The quantitative estimate of drug-likeness (QED) is 0.416. The molecule has 1 unspecified atom stereocenters. The maximum atomic E-state index is 13.7. The van der Waals surface area contributed by atoms with Crippen LogP contribution < -0.4 is 5.69 Å². The van der Waals surface area contributed by atoms with Crippen molar-refractivity contribution in [3.05, 3.63) is 46.8 Å². The maximum Gasteiger partial charge on any atom is 0.329 e. The first-order valence-corrected chi connectivity index (χ1v) is 12.3. The molecule has 35 heavy (non-hydrogen) atoms. The number of rotatable bonds is 4. The molecule has 180 valence electrons. The highest BCUT2D eigenvalue weighted by Gasteiger charge is 2.36. The van der Waals surface area contributed by atoms with Gasteiger partial charge in [-0.15, -0.1) is 0 Å². The number of fused-ring (bicyclic) bond motifs is 4. The molecule has 9 heteroatoms. The van der Waals surface area contributed by atoms with E-state index < -0.39 is 6.10 Å². The number of aryl methyl sites for hydroxylation is 2. The smallest absolute Gasteiger partial charge is 0.329 e. The molecule has 1 aliphatic carbocycles. The van der Waals surface area contributed by atoms with E-state index >= 15 is 0 Å². The highest BCUT2D eigenvalue weighted by atomic mass is 16.5. The van der Waals surface area contributed by atoms with E-state index in [1.807, 2.05) is 28.7 Å². The van der Waals surface area contributed by atoms with Gasteiger partial charge in [-0.05, 0) is 49.3 Å². The molecule has 1 saturated carbocycles. The van der Waals surface area contributed by atoms with Gasteiger partial charge in [0.2, 0.25) is 0 Å². The van der Waals surface area contributed by atoms with Crippen LogP contribution in [0.25, 0.3) is 44.1 Å². The van der Waals surface area contributed by atoms with Gasteiger partial charge >= 0.3 is 5.69 Å². The first kappa shape index (κ1) is 20.9. The fourth-order valence-electron chi connectivity index (χ4n) is 5.75. The molecule has 5 heterocycles. The number of hydrogen-bond donors (Lipinski definition) is 2. The third-order valence-corrected chi connectivity index (χ3v) is 7.83. The molecule has 4 aromatic heterocycles. The molecule has 2 fully saturated rings. The average molecular weight is 473 g/mol. The summed E-state index contributed by atoms with van der Waals surface area (Å²) in [6, 6.07) is 6.33. The Balaban J connectivity index is 1.56.